The third kappa shape index (κ3) is 3.31. The van der Waals surface area contributed by atoms with E-state index in [9.17, 15) is 4.79 Å². The monoisotopic (exact) mass is 333 g/mol. The predicted octanol–water partition coefficient (Wildman–Crippen LogP) is 3.93. The molecule has 0 aliphatic heterocycles. The molecule has 4 rings (SSSR count). The van der Waals surface area contributed by atoms with Crippen molar-refractivity contribution in [3.05, 3.63) is 71.7 Å². The lowest BCUT2D eigenvalue weighted by molar-refractivity contribution is 0.0921. The van der Waals surface area contributed by atoms with E-state index in [4.69, 9.17) is 4.52 Å². The van der Waals surface area contributed by atoms with Gasteiger partial charge in [-0.25, -0.2) is 0 Å². The van der Waals surface area contributed by atoms with Crippen LogP contribution >= 0.6 is 0 Å². The first-order chi connectivity index (χ1) is 12.2. The number of hydrogen-bond acceptors (Lipinski definition) is 4. The summed E-state index contributed by atoms with van der Waals surface area (Å²) >= 11 is 0. The van der Waals surface area contributed by atoms with E-state index < -0.39 is 0 Å². The number of aromatic nitrogens is 2. The predicted molar refractivity (Wildman–Crippen MR) is 93.8 cm³/mol. The van der Waals surface area contributed by atoms with E-state index >= 15 is 0 Å². The van der Waals surface area contributed by atoms with Crippen LogP contribution in [0.3, 0.4) is 0 Å². The van der Waals surface area contributed by atoms with Crippen LogP contribution in [0.4, 0.5) is 0 Å². The van der Waals surface area contributed by atoms with Crippen LogP contribution < -0.4 is 5.32 Å². The molecular weight excluding hydrogens is 314 g/mol. The van der Waals surface area contributed by atoms with Gasteiger partial charge in [-0.1, -0.05) is 41.6 Å². The second-order valence-corrected chi connectivity index (χ2v) is 6.44. The molecule has 5 nitrogen and oxygen atoms in total. The Bertz CT molecular complexity index is 885. The Hall–Kier alpha value is -2.95. The second-order valence-electron chi connectivity index (χ2n) is 6.44. The van der Waals surface area contributed by atoms with Gasteiger partial charge < -0.3 is 9.84 Å². The number of nitrogens with zero attached hydrogens (tertiary/aromatic N) is 2. The third-order valence-corrected chi connectivity index (χ3v) is 4.53. The van der Waals surface area contributed by atoms with Crippen LogP contribution in [0.25, 0.3) is 11.3 Å². The lowest BCUT2D eigenvalue weighted by Gasteiger charge is -2.18. The van der Waals surface area contributed by atoms with Crippen molar-refractivity contribution in [1.82, 2.24) is 15.5 Å². The number of benzene rings is 1. The molecule has 5 heteroatoms. The van der Waals surface area contributed by atoms with Gasteiger partial charge in [-0.3, -0.25) is 9.78 Å². The Kier molecular flexibility index (Phi) is 4.06. The van der Waals surface area contributed by atoms with Crippen molar-refractivity contribution in [3.8, 4) is 11.3 Å². The molecule has 3 aromatic rings. The number of amides is 1. The minimum Gasteiger partial charge on any atom is -0.355 e. The first-order valence-corrected chi connectivity index (χ1v) is 8.47. The molecule has 1 saturated carbocycles. The van der Waals surface area contributed by atoms with Crippen molar-refractivity contribution in [2.24, 2.45) is 5.92 Å². The van der Waals surface area contributed by atoms with E-state index in [0.717, 1.165) is 29.7 Å². The zero-order valence-electron chi connectivity index (χ0n) is 14.0. The molecule has 1 atom stereocenters. The van der Waals surface area contributed by atoms with Crippen molar-refractivity contribution in [1.29, 1.82) is 0 Å². The maximum atomic E-state index is 12.7. The fraction of sp³-hybridized carbons (Fsp3) is 0.250. The number of carbonyl (C=O) groups is 1. The Morgan fingerprint density at radius 3 is 2.72 bits per heavy atom. The Morgan fingerprint density at radius 1 is 1.20 bits per heavy atom. The fourth-order valence-electron chi connectivity index (χ4n) is 3.00. The summed E-state index contributed by atoms with van der Waals surface area (Å²) in [4.78, 5) is 17.1. The highest BCUT2D eigenvalue weighted by Gasteiger charge is 2.35. The summed E-state index contributed by atoms with van der Waals surface area (Å²) in [7, 11) is 0. The van der Waals surface area contributed by atoms with E-state index in [2.05, 4.69) is 15.5 Å². The number of nitrogens with one attached hydrogen (secondary N) is 1. The summed E-state index contributed by atoms with van der Waals surface area (Å²) in [5.41, 5.74) is 3.21. The number of pyridine rings is 1. The number of hydrogen-bond donors (Lipinski definition) is 1. The molecule has 1 N–H and O–H groups in total. The molecule has 0 radical (unpaired) electrons. The maximum absolute atomic E-state index is 12.7. The normalized spacial score (nSPS) is 14.9. The Labute approximate surface area is 146 Å². The lowest BCUT2D eigenvalue weighted by Crippen LogP contribution is -2.31. The number of aryl methyl sites for hydroxylation is 1. The van der Waals surface area contributed by atoms with Crippen LogP contribution in [0.5, 0.6) is 0 Å². The standard InChI is InChI=1S/C20H19N3O2/c1-13-6-5-11-21-18(13)19(15-9-10-15)22-20(24)16-12-17(25-23-16)14-7-3-2-4-8-14/h2-8,11-12,15,19H,9-10H2,1H3,(H,22,24). The number of carbonyl (C=O) groups excluding carboxylic acids is 1. The van der Waals surface area contributed by atoms with Crippen LogP contribution in [0.2, 0.25) is 0 Å². The summed E-state index contributed by atoms with van der Waals surface area (Å²) < 4.78 is 5.33. The third-order valence-electron chi connectivity index (χ3n) is 4.53. The zero-order valence-corrected chi connectivity index (χ0v) is 14.0. The SMILES string of the molecule is Cc1cccnc1C(NC(=O)c1cc(-c2ccccc2)on1)C1CC1. The molecule has 1 aromatic carbocycles. The van der Waals surface area contributed by atoms with Gasteiger partial charge in [0.25, 0.3) is 5.91 Å². The van der Waals surface area contributed by atoms with Gasteiger partial charge >= 0.3 is 0 Å². The van der Waals surface area contributed by atoms with Crippen molar-refractivity contribution >= 4 is 5.91 Å². The van der Waals surface area contributed by atoms with Crippen LogP contribution in [-0.2, 0) is 0 Å². The Balaban J connectivity index is 1.55. The van der Waals surface area contributed by atoms with Crippen LogP contribution in [0.1, 0.15) is 40.6 Å². The average molecular weight is 333 g/mol. The van der Waals surface area contributed by atoms with Crippen molar-refractivity contribution in [3.63, 3.8) is 0 Å². The minimum atomic E-state index is -0.229. The van der Waals surface area contributed by atoms with Gasteiger partial charge in [-0.15, -0.1) is 0 Å². The highest BCUT2D eigenvalue weighted by atomic mass is 16.5. The summed E-state index contributed by atoms with van der Waals surface area (Å²) in [6, 6.07) is 15.2. The van der Waals surface area contributed by atoms with Gasteiger partial charge in [0.2, 0.25) is 0 Å². The van der Waals surface area contributed by atoms with Gasteiger partial charge in [-0.2, -0.15) is 0 Å². The lowest BCUT2D eigenvalue weighted by atomic mass is 10.0. The highest BCUT2D eigenvalue weighted by Crippen LogP contribution is 2.41. The summed E-state index contributed by atoms with van der Waals surface area (Å²) in [5, 5.41) is 7.03. The minimum absolute atomic E-state index is 0.0782. The summed E-state index contributed by atoms with van der Waals surface area (Å²) in [6.45, 7) is 2.02. The molecule has 0 saturated heterocycles. The number of rotatable bonds is 5. The molecule has 1 amide bonds. The average Bonchev–Trinajstić information content (AvgIpc) is 3.36. The fourth-order valence-corrected chi connectivity index (χ4v) is 3.00. The quantitative estimate of drug-likeness (QED) is 0.768. The molecule has 2 aromatic heterocycles. The largest absolute Gasteiger partial charge is 0.355 e. The summed E-state index contributed by atoms with van der Waals surface area (Å²) in [6.07, 6.45) is 3.98. The van der Waals surface area contributed by atoms with Crippen molar-refractivity contribution in [2.45, 2.75) is 25.8 Å². The first-order valence-electron chi connectivity index (χ1n) is 8.47. The molecule has 25 heavy (non-hydrogen) atoms. The smallest absolute Gasteiger partial charge is 0.274 e. The molecule has 126 valence electrons. The van der Waals surface area contributed by atoms with E-state index in [-0.39, 0.29) is 17.6 Å². The Morgan fingerprint density at radius 2 is 2.00 bits per heavy atom. The van der Waals surface area contributed by atoms with Gasteiger partial charge in [0, 0.05) is 17.8 Å². The van der Waals surface area contributed by atoms with E-state index in [1.165, 1.54) is 0 Å². The van der Waals surface area contributed by atoms with E-state index in [0.29, 0.717) is 11.7 Å². The van der Waals surface area contributed by atoms with Gasteiger partial charge in [-0.05, 0) is 37.3 Å². The van der Waals surface area contributed by atoms with Gasteiger partial charge in [0.05, 0.1) is 11.7 Å². The highest BCUT2D eigenvalue weighted by molar-refractivity contribution is 5.93. The van der Waals surface area contributed by atoms with Gasteiger partial charge in [0.1, 0.15) is 0 Å². The van der Waals surface area contributed by atoms with Crippen LogP contribution in [0.15, 0.2) is 59.3 Å². The molecule has 1 aliphatic carbocycles. The molecule has 0 bridgehead atoms. The van der Waals surface area contributed by atoms with E-state index in [1.807, 2.05) is 49.4 Å². The molecule has 0 spiro atoms. The van der Waals surface area contributed by atoms with E-state index in [1.54, 1.807) is 12.3 Å². The molecule has 1 fully saturated rings. The second kappa shape index (κ2) is 6.51. The molecule has 2 heterocycles. The van der Waals surface area contributed by atoms with Crippen molar-refractivity contribution in [2.75, 3.05) is 0 Å². The first kappa shape index (κ1) is 15.6. The summed E-state index contributed by atoms with van der Waals surface area (Å²) in [5.74, 6) is 0.800. The molecular formula is C20H19N3O2. The molecule has 1 unspecified atom stereocenters. The van der Waals surface area contributed by atoms with Crippen LogP contribution in [0, 0.1) is 12.8 Å². The maximum Gasteiger partial charge on any atom is 0.274 e. The topological polar surface area (TPSA) is 68.0 Å². The van der Waals surface area contributed by atoms with Crippen molar-refractivity contribution < 1.29 is 9.32 Å². The van der Waals surface area contributed by atoms with Crippen LogP contribution in [-0.4, -0.2) is 16.0 Å². The molecule has 1 aliphatic rings. The van der Waals surface area contributed by atoms with Gasteiger partial charge in [0.15, 0.2) is 11.5 Å². The zero-order chi connectivity index (χ0) is 17.2.